The number of nitrogens with zero attached hydrogens (tertiary/aromatic N) is 5. The molecule has 1 saturated heterocycles. The van der Waals surface area contributed by atoms with Gasteiger partial charge in [0.05, 0.1) is 41.0 Å². The Bertz CT molecular complexity index is 1310. The van der Waals surface area contributed by atoms with Crippen molar-refractivity contribution in [1.29, 1.82) is 10.5 Å². The minimum absolute atomic E-state index is 0.0472. The molecule has 36 heavy (non-hydrogen) atoms. The predicted molar refractivity (Wildman–Crippen MR) is 129 cm³/mol. The third-order valence-corrected chi connectivity index (χ3v) is 5.92. The molecule has 0 saturated carbocycles. The van der Waals surface area contributed by atoms with Crippen molar-refractivity contribution in [3.05, 3.63) is 88.5 Å². The molecular weight excluding hydrogens is 459 g/mol. The molecule has 1 aromatic heterocycles. The summed E-state index contributed by atoms with van der Waals surface area (Å²) in [5.41, 5.74) is 2.44. The lowest BCUT2D eigenvalue weighted by Gasteiger charge is -2.28. The molecule has 0 radical (unpaired) electrons. The molecule has 2 heterocycles. The first-order valence-corrected chi connectivity index (χ1v) is 11.6. The van der Waals surface area contributed by atoms with E-state index < -0.39 is 11.7 Å². The van der Waals surface area contributed by atoms with Crippen molar-refractivity contribution in [3.63, 3.8) is 0 Å². The van der Waals surface area contributed by atoms with Crippen molar-refractivity contribution >= 4 is 5.91 Å². The smallest absolute Gasteiger partial charge is 0.316 e. The SMILES string of the molecule is CC(C)Oc1ncc([C@@H](c2ccc(C#N)cc2)N2CCC(NC(=O)c3ccc(C#N)cc3F)C2)cn1. The van der Waals surface area contributed by atoms with Crippen molar-refractivity contribution in [2.75, 3.05) is 13.1 Å². The normalized spacial score (nSPS) is 16.2. The number of hydrogen-bond donors (Lipinski definition) is 1. The van der Waals surface area contributed by atoms with Gasteiger partial charge < -0.3 is 10.1 Å². The van der Waals surface area contributed by atoms with Crippen LogP contribution in [0.3, 0.4) is 0 Å². The number of benzene rings is 2. The van der Waals surface area contributed by atoms with Crippen molar-refractivity contribution < 1.29 is 13.9 Å². The summed E-state index contributed by atoms with van der Waals surface area (Å²) in [5, 5.41) is 21.0. The molecule has 1 N–H and O–H groups in total. The highest BCUT2D eigenvalue weighted by Gasteiger charge is 2.32. The summed E-state index contributed by atoms with van der Waals surface area (Å²) in [7, 11) is 0. The van der Waals surface area contributed by atoms with Crippen LogP contribution in [-0.2, 0) is 0 Å². The summed E-state index contributed by atoms with van der Waals surface area (Å²) in [6.07, 6.45) is 4.08. The minimum Gasteiger partial charge on any atom is -0.461 e. The van der Waals surface area contributed by atoms with Crippen LogP contribution in [0, 0.1) is 28.5 Å². The van der Waals surface area contributed by atoms with Crippen molar-refractivity contribution in [2.24, 2.45) is 0 Å². The maximum absolute atomic E-state index is 14.3. The summed E-state index contributed by atoms with van der Waals surface area (Å²) < 4.78 is 19.9. The average molecular weight is 485 g/mol. The molecule has 1 fully saturated rings. The third-order valence-electron chi connectivity index (χ3n) is 5.92. The fourth-order valence-electron chi connectivity index (χ4n) is 4.26. The molecule has 0 spiro atoms. The van der Waals surface area contributed by atoms with Crippen molar-refractivity contribution in [2.45, 2.75) is 38.5 Å². The van der Waals surface area contributed by atoms with Crippen LogP contribution in [0.2, 0.25) is 0 Å². The second-order valence-corrected chi connectivity index (χ2v) is 8.86. The second kappa shape index (κ2) is 10.9. The largest absolute Gasteiger partial charge is 0.461 e. The van der Waals surface area contributed by atoms with Gasteiger partial charge in [-0.15, -0.1) is 0 Å². The molecule has 0 bridgehead atoms. The van der Waals surface area contributed by atoms with E-state index >= 15 is 0 Å². The van der Waals surface area contributed by atoms with Crippen LogP contribution in [-0.4, -0.2) is 46.0 Å². The molecule has 2 atom stereocenters. The first kappa shape index (κ1) is 24.8. The molecule has 182 valence electrons. The summed E-state index contributed by atoms with van der Waals surface area (Å²) in [4.78, 5) is 23.6. The second-order valence-electron chi connectivity index (χ2n) is 8.86. The topological polar surface area (TPSA) is 115 Å². The van der Waals surface area contributed by atoms with Gasteiger partial charge in [0, 0.05) is 37.1 Å². The molecule has 1 amide bonds. The molecule has 3 aromatic rings. The lowest BCUT2D eigenvalue weighted by molar-refractivity contribution is 0.0932. The number of carbonyl (C=O) groups is 1. The van der Waals surface area contributed by atoms with Crippen LogP contribution in [0.1, 0.15) is 58.9 Å². The van der Waals surface area contributed by atoms with E-state index in [0.717, 1.165) is 17.2 Å². The van der Waals surface area contributed by atoms with Gasteiger partial charge in [-0.25, -0.2) is 14.4 Å². The zero-order chi connectivity index (χ0) is 25.7. The molecule has 2 aromatic carbocycles. The molecule has 0 aliphatic carbocycles. The predicted octanol–water partition coefficient (Wildman–Crippen LogP) is 3.74. The molecular formula is C27H25FN6O2. The Hall–Kier alpha value is -4.34. The van der Waals surface area contributed by atoms with Gasteiger partial charge in [0.2, 0.25) is 0 Å². The van der Waals surface area contributed by atoms with Gasteiger partial charge in [-0.2, -0.15) is 10.5 Å². The summed E-state index contributed by atoms with van der Waals surface area (Å²) in [5.74, 6) is -1.24. The Morgan fingerprint density at radius 2 is 1.75 bits per heavy atom. The Morgan fingerprint density at radius 1 is 1.08 bits per heavy atom. The van der Waals surface area contributed by atoms with Gasteiger partial charge in [0.25, 0.3) is 5.91 Å². The maximum Gasteiger partial charge on any atom is 0.316 e. The van der Waals surface area contributed by atoms with Gasteiger partial charge in [-0.3, -0.25) is 9.69 Å². The van der Waals surface area contributed by atoms with Crippen LogP contribution >= 0.6 is 0 Å². The summed E-state index contributed by atoms with van der Waals surface area (Å²) in [6.45, 7) is 5.01. The molecule has 8 nitrogen and oxygen atoms in total. The Labute approximate surface area is 209 Å². The molecule has 1 unspecified atom stereocenters. The van der Waals surface area contributed by atoms with Gasteiger partial charge >= 0.3 is 6.01 Å². The van der Waals surface area contributed by atoms with E-state index in [0.29, 0.717) is 31.1 Å². The number of ether oxygens (including phenoxy) is 1. The van der Waals surface area contributed by atoms with Gasteiger partial charge in [0.1, 0.15) is 5.82 Å². The lowest BCUT2D eigenvalue weighted by atomic mass is 9.98. The highest BCUT2D eigenvalue weighted by atomic mass is 19.1. The van der Waals surface area contributed by atoms with Gasteiger partial charge in [0.15, 0.2) is 0 Å². The fraction of sp³-hybridized carbons (Fsp3) is 0.296. The molecule has 1 aliphatic rings. The van der Waals surface area contributed by atoms with Crippen LogP contribution in [0.25, 0.3) is 0 Å². The summed E-state index contributed by atoms with van der Waals surface area (Å²) in [6, 6.07) is 15.0. The van der Waals surface area contributed by atoms with E-state index in [1.54, 1.807) is 24.5 Å². The Morgan fingerprint density at radius 3 is 2.36 bits per heavy atom. The zero-order valence-electron chi connectivity index (χ0n) is 20.0. The number of rotatable bonds is 7. The molecule has 4 rings (SSSR count). The van der Waals surface area contributed by atoms with E-state index in [1.807, 2.05) is 32.0 Å². The van der Waals surface area contributed by atoms with Crippen LogP contribution in [0.5, 0.6) is 6.01 Å². The standard InChI is InChI=1S/C27H25FN6O2/c1-17(2)36-27-31-14-21(15-32-27)25(20-6-3-18(12-29)4-7-20)34-10-9-22(16-34)33-26(35)23-8-5-19(13-30)11-24(23)28/h3-8,11,14-15,17,22,25H,9-10,16H2,1-2H3,(H,33,35)/t22?,25-/m1/s1. The van der Waals surface area contributed by atoms with Crippen molar-refractivity contribution in [3.8, 4) is 18.1 Å². The number of carbonyl (C=O) groups excluding carboxylic acids is 1. The quantitative estimate of drug-likeness (QED) is 0.543. The van der Waals surface area contributed by atoms with Crippen molar-refractivity contribution in [1.82, 2.24) is 20.2 Å². The fourth-order valence-corrected chi connectivity index (χ4v) is 4.26. The maximum atomic E-state index is 14.3. The van der Waals surface area contributed by atoms with Gasteiger partial charge in [-0.1, -0.05) is 12.1 Å². The highest BCUT2D eigenvalue weighted by molar-refractivity contribution is 5.94. The first-order valence-electron chi connectivity index (χ1n) is 11.6. The van der Waals surface area contributed by atoms with E-state index in [9.17, 15) is 14.4 Å². The van der Waals surface area contributed by atoms with E-state index in [4.69, 9.17) is 10.00 Å². The number of likely N-dealkylation sites (tertiary alicyclic amines) is 1. The van der Waals surface area contributed by atoms with Crippen LogP contribution in [0.4, 0.5) is 4.39 Å². The monoisotopic (exact) mass is 484 g/mol. The first-order chi connectivity index (χ1) is 17.4. The van der Waals surface area contributed by atoms with Crippen LogP contribution in [0.15, 0.2) is 54.9 Å². The molecule has 1 aliphatic heterocycles. The summed E-state index contributed by atoms with van der Waals surface area (Å²) >= 11 is 0. The van der Waals surface area contributed by atoms with Crippen LogP contribution < -0.4 is 10.1 Å². The van der Waals surface area contributed by atoms with E-state index in [1.165, 1.54) is 12.1 Å². The number of amides is 1. The average Bonchev–Trinajstić information content (AvgIpc) is 3.32. The van der Waals surface area contributed by atoms with Gasteiger partial charge in [-0.05, 0) is 56.2 Å². The highest BCUT2D eigenvalue weighted by Crippen LogP contribution is 2.32. The van der Waals surface area contributed by atoms with E-state index in [-0.39, 0.29) is 29.3 Å². The number of halogens is 1. The number of aromatic nitrogens is 2. The Balaban J connectivity index is 1.54. The number of hydrogen-bond acceptors (Lipinski definition) is 7. The van der Waals surface area contributed by atoms with E-state index in [2.05, 4.69) is 26.3 Å². The minimum atomic E-state index is -0.724. The number of nitriles is 2. The zero-order valence-corrected chi connectivity index (χ0v) is 20.0. The number of nitrogens with one attached hydrogen (secondary N) is 1. The molecule has 9 heteroatoms. The Kier molecular flexibility index (Phi) is 7.53. The third kappa shape index (κ3) is 5.65. The lowest BCUT2D eigenvalue weighted by Crippen LogP contribution is -2.38.